The molecule has 1 aliphatic carbocycles. The first-order chi connectivity index (χ1) is 5.29. The van der Waals surface area contributed by atoms with Crippen LogP contribution in [0.4, 0.5) is 4.79 Å². The van der Waals surface area contributed by atoms with Gasteiger partial charge in [0.1, 0.15) is 0 Å². The lowest BCUT2D eigenvalue weighted by molar-refractivity contribution is 0.164. The maximum absolute atomic E-state index is 10.6. The van der Waals surface area contributed by atoms with Crippen LogP contribution in [0.5, 0.6) is 0 Å². The Kier molecular flexibility index (Phi) is 1.56. The quantitative estimate of drug-likeness (QED) is 0.655. The molecule has 1 heterocycles. The van der Waals surface area contributed by atoms with E-state index in [0.717, 1.165) is 18.5 Å². The molecule has 2 aliphatic rings. The summed E-state index contributed by atoms with van der Waals surface area (Å²) in [6.07, 6.45) is 1.51. The van der Waals surface area contributed by atoms with Gasteiger partial charge in [-0.15, -0.1) is 11.8 Å². The zero-order valence-electron chi connectivity index (χ0n) is 5.99. The predicted octanol–water partition coefficient (Wildman–Crippen LogP) is 1.92. The fourth-order valence-electron chi connectivity index (χ4n) is 1.20. The summed E-state index contributed by atoms with van der Waals surface area (Å²) < 4.78 is 0. The molecule has 0 spiro atoms. The third-order valence-corrected chi connectivity index (χ3v) is 2.76. The summed E-state index contributed by atoms with van der Waals surface area (Å²) in [5.41, 5.74) is 1.02. The second-order valence-electron chi connectivity index (χ2n) is 2.82. The number of nitrogens with zero attached hydrogens (tertiary/aromatic N) is 1. The average Bonchev–Trinajstić information content (AvgIpc) is 2.68. The lowest BCUT2D eigenvalue weighted by Crippen LogP contribution is -2.25. The van der Waals surface area contributed by atoms with Crippen LogP contribution in [0.3, 0.4) is 0 Å². The van der Waals surface area contributed by atoms with Crippen molar-refractivity contribution in [1.82, 2.24) is 4.90 Å². The van der Waals surface area contributed by atoms with E-state index in [1.54, 1.807) is 11.8 Å². The Balaban J connectivity index is 2.10. The van der Waals surface area contributed by atoms with Gasteiger partial charge in [-0.05, 0) is 18.2 Å². The highest BCUT2D eigenvalue weighted by Crippen LogP contribution is 2.42. The van der Waals surface area contributed by atoms with Gasteiger partial charge < -0.3 is 5.11 Å². The average molecular weight is 171 g/mol. The van der Waals surface area contributed by atoms with Gasteiger partial charge in [-0.25, -0.2) is 4.79 Å². The molecule has 0 atom stereocenters. The second-order valence-corrected chi connectivity index (χ2v) is 3.65. The molecule has 0 unspecified atom stereocenters. The fourth-order valence-corrected chi connectivity index (χ4v) is 2.17. The summed E-state index contributed by atoms with van der Waals surface area (Å²) >= 11 is 1.57. The molecule has 3 nitrogen and oxygen atoms in total. The minimum atomic E-state index is -0.812. The van der Waals surface area contributed by atoms with Gasteiger partial charge in [-0.3, -0.25) is 4.90 Å². The largest absolute Gasteiger partial charge is 0.465 e. The van der Waals surface area contributed by atoms with E-state index in [1.165, 1.54) is 4.90 Å². The number of carbonyl (C=O) groups is 1. The molecule has 0 aromatic rings. The Labute approximate surface area is 69.1 Å². The standard InChI is InChI=1S/C7H9NO2S/c9-7(10)8-4-11-3-6(8)5-1-2-5/h3,5H,1-2,4H2,(H,9,10). The van der Waals surface area contributed by atoms with Crippen molar-refractivity contribution >= 4 is 17.9 Å². The highest BCUT2D eigenvalue weighted by molar-refractivity contribution is 8.02. The van der Waals surface area contributed by atoms with E-state index in [-0.39, 0.29) is 0 Å². The number of hydrogen-bond donors (Lipinski definition) is 1. The van der Waals surface area contributed by atoms with E-state index in [4.69, 9.17) is 5.11 Å². The third-order valence-electron chi connectivity index (χ3n) is 1.95. The van der Waals surface area contributed by atoms with Gasteiger partial charge in [0.15, 0.2) is 0 Å². The summed E-state index contributed by atoms with van der Waals surface area (Å²) in [7, 11) is 0. The predicted molar refractivity (Wildman–Crippen MR) is 43.1 cm³/mol. The zero-order valence-corrected chi connectivity index (χ0v) is 6.80. The maximum Gasteiger partial charge on any atom is 0.412 e. The highest BCUT2D eigenvalue weighted by atomic mass is 32.2. The Morgan fingerprint density at radius 3 is 3.00 bits per heavy atom. The van der Waals surface area contributed by atoms with Crippen molar-refractivity contribution in [2.45, 2.75) is 12.8 Å². The molecular formula is C7H9NO2S. The van der Waals surface area contributed by atoms with Crippen LogP contribution in [0.1, 0.15) is 12.8 Å². The van der Waals surface area contributed by atoms with E-state index in [9.17, 15) is 4.79 Å². The molecule has 0 aromatic heterocycles. The summed E-state index contributed by atoms with van der Waals surface area (Å²) in [4.78, 5) is 12.1. The van der Waals surface area contributed by atoms with Crippen LogP contribution in [-0.4, -0.2) is 22.0 Å². The van der Waals surface area contributed by atoms with Crippen LogP contribution in [0.2, 0.25) is 0 Å². The lowest BCUT2D eigenvalue weighted by atomic mass is 10.3. The minimum absolute atomic E-state index is 0.543. The molecule has 1 aliphatic heterocycles. The van der Waals surface area contributed by atoms with Crippen LogP contribution in [0.25, 0.3) is 0 Å². The first-order valence-electron chi connectivity index (χ1n) is 3.61. The summed E-state index contributed by atoms with van der Waals surface area (Å²) in [5, 5.41) is 10.7. The molecule has 1 saturated carbocycles. The molecule has 1 amide bonds. The molecule has 2 rings (SSSR count). The minimum Gasteiger partial charge on any atom is -0.465 e. The van der Waals surface area contributed by atoms with Crippen LogP contribution in [0, 0.1) is 5.92 Å². The van der Waals surface area contributed by atoms with Crippen molar-refractivity contribution in [2.24, 2.45) is 5.92 Å². The Morgan fingerprint density at radius 1 is 1.73 bits per heavy atom. The first kappa shape index (κ1) is 7.03. The summed E-state index contributed by atoms with van der Waals surface area (Å²) in [5.74, 6) is 1.13. The van der Waals surface area contributed by atoms with Gasteiger partial charge >= 0.3 is 6.09 Å². The molecule has 1 N–H and O–H groups in total. The van der Waals surface area contributed by atoms with Crippen molar-refractivity contribution < 1.29 is 9.90 Å². The number of carboxylic acid groups (broad SMARTS) is 1. The van der Waals surface area contributed by atoms with Gasteiger partial charge in [0.25, 0.3) is 0 Å². The Hall–Kier alpha value is -0.640. The SMILES string of the molecule is O=C(O)N1CSC=C1C1CC1. The van der Waals surface area contributed by atoms with E-state index in [0.29, 0.717) is 11.8 Å². The van der Waals surface area contributed by atoms with Gasteiger partial charge in [0.2, 0.25) is 0 Å². The van der Waals surface area contributed by atoms with Gasteiger partial charge in [0, 0.05) is 11.6 Å². The molecule has 0 saturated heterocycles. The van der Waals surface area contributed by atoms with Crippen LogP contribution < -0.4 is 0 Å². The molecule has 4 heteroatoms. The van der Waals surface area contributed by atoms with Crippen LogP contribution in [0.15, 0.2) is 11.1 Å². The monoisotopic (exact) mass is 171 g/mol. The molecule has 11 heavy (non-hydrogen) atoms. The van der Waals surface area contributed by atoms with E-state index < -0.39 is 6.09 Å². The molecule has 0 radical (unpaired) electrons. The molecule has 0 bridgehead atoms. The van der Waals surface area contributed by atoms with Gasteiger partial charge in [-0.1, -0.05) is 0 Å². The Bertz CT molecular complexity index is 222. The first-order valence-corrected chi connectivity index (χ1v) is 4.66. The van der Waals surface area contributed by atoms with E-state index in [2.05, 4.69) is 0 Å². The van der Waals surface area contributed by atoms with Gasteiger partial charge in [-0.2, -0.15) is 0 Å². The maximum atomic E-state index is 10.6. The van der Waals surface area contributed by atoms with Crippen molar-refractivity contribution in [3.8, 4) is 0 Å². The van der Waals surface area contributed by atoms with E-state index in [1.807, 2.05) is 5.41 Å². The number of amides is 1. The summed E-state index contributed by atoms with van der Waals surface area (Å²) in [6.45, 7) is 0. The highest BCUT2D eigenvalue weighted by Gasteiger charge is 2.34. The van der Waals surface area contributed by atoms with Crippen molar-refractivity contribution in [2.75, 3.05) is 5.88 Å². The molecule has 1 fully saturated rings. The topological polar surface area (TPSA) is 40.5 Å². The lowest BCUT2D eigenvalue weighted by Gasteiger charge is -2.14. The van der Waals surface area contributed by atoms with Crippen LogP contribution in [-0.2, 0) is 0 Å². The normalized spacial score (nSPS) is 23.6. The number of hydrogen-bond acceptors (Lipinski definition) is 2. The van der Waals surface area contributed by atoms with Crippen molar-refractivity contribution in [1.29, 1.82) is 0 Å². The number of rotatable bonds is 1. The van der Waals surface area contributed by atoms with E-state index >= 15 is 0 Å². The van der Waals surface area contributed by atoms with Crippen LogP contribution >= 0.6 is 11.8 Å². The molecule has 0 aromatic carbocycles. The van der Waals surface area contributed by atoms with Crippen molar-refractivity contribution in [3.63, 3.8) is 0 Å². The van der Waals surface area contributed by atoms with Crippen molar-refractivity contribution in [3.05, 3.63) is 11.1 Å². The number of allylic oxidation sites excluding steroid dienone is 1. The summed E-state index contributed by atoms with van der Waals surface area (Å²) in [6, 6.07) is 0. The zero-order chi connectivity index (χ0) is 7.84. The smallest absolute Gasteiger partial charge is 0.412 e. The second kappa shape index (κ2) is 2.44. The fraction of sp³-hybridized carbons (Fsp3) is 0.571. The van der Waals surface area contributed by atoms with Gasteiger partial charge in [0.05, 0.1) is 5.88 Å². The molecule has 60 valence electrons. The third kappa shape index (κ3) is 1.22. The Morgan fingerprint density at radius 2 is 2.45 bits per heavy atom. The number of thioether (sulfide) groups is 1. The molecular weight excluding hydrogens is 162 g/mol.